The van der Waals surface area contributed by atoms with Gasteiger partial charge in [0.2, 0.25) is 0 Å². The summed E-state index contributed by atoms with van der Waals surface area (Å²) in [6, 6.07) is 5.00. The van der Waals surface area contributed by atoms with Gasteiger partial charge in [0, 0.05) is 42.8 Å². The fraction of sp³-hybridized carbons (Fsp3) is 0.440. The van der Waals surface area contributed by atoms with Crippen molar-refractivity contribution in [3.05, 3.63) is 56.6 Å². The summed E-state index contributed by atoms with van der Waals surface area (Å²) in [6.07, 6.45) is 2.72. The third kappa shape index (κ3) is 4.38. The second-order valence-corrected chi connectivity index (χ2v) is 8.85. The van der Waals surface area contributed by atoms with Gasteiger partial charge >= 0.3 is 0 Å². The van der Waals surface area contributed by atoms with Gasteiger partial charge in [-0.1, -0.05) is 0 Å². The summed E-state index contributed by atoms with van der Waals surface area (Å²) in [5.41, 5.74) is 11.4. The Bertz CT molecular complexity index is 1260. The van der Waals surface area contributed by atoms with Crippen molar-refractivity contribution < 1.29 is 14.2 Å². The van der Waals surface area contributed by atoms with E-state index in [0.29, 0.717) is 24.2 Å². The van der Waals surface area contributed by atoms with Crippen LogP contribution >= 0.6 is 0 Å². The highest BCUT2D eigenvalue weighted by Crippen LogP contribution is 2.37. The smallest absolute Gasteiger partial charge is 0.257 e. The minimum Gasteiger partial charge on any atom is -0.396 e. The fourth-order valence-corrected chi connectivity index (χ4v) is 4.63. The van der Waals surface area contributed by atoms with Crippen LogP contribution in [0.2, 0.25) is 0 Å². The maximum atomic E-state index is 14.3. The molecule has 4 rings (SSSR count). The van der Waals surface area contributed by atoms with Gasteiger partial charge in [0.15, 0.2) is 0 Å². The van der Waals surface area contributed by atoms with Crippen LogP contribution in [0.1, 0.15) is 41.5 Å². The maximum absolute atomic E-state index is 14.3. The standard InChI is InChI=1S/C25H31FN4O3/c1-15-9-23-24-18(13-30(23)25(32)19(15)14-33-3)17(12-29(2)7-5-4-6-8-31)16-10-21(27)20(26)11-22(16)28-24/h9-11,31H,4-8,12-14,27H2,1-3H3. The predicted octanol–water partition coefficient (Wildman–Crippen LogP) is 3.20. The average Bonchev–Trinajstić information content (AvgIpc) is 3.14. The highest BCUT2D eigenvalue weighted by molar-refractivity contribution is 5.90. The van der Waals surface area contributed by atoms with E-state index in [2.05, 4.69) is 4.90 Å². The van der Waals surface area contributed by atoms with Crippen molar-refractivity contribution in [1.82, 2.24) is 14.5 Å². The van der Waals surface area contributed by atoms with E-state index in [1.54, 1.807) is 17.7 Å². The summed E-state index contributed by atoms with van der Waals surface area (Å²) >= 11 is 0. The number of aliphatic hydroxyl groups excluding tert-OH is 1. The number of halogens is 1. The van der Waals surface area contributed by atoms with Gasteiger partial charge in [0.05, 0.1) is 35.7 Å². The molecule has 0 unspecified atom stereocenters. The molecule has 1 aromatic carbocycles. The van der Waals surface area contributed by atoms with Crippen LogP contribution in [0.3, 0.4) is 0 Å². The second kappa shape index (κ2) is 9.59. The summed E-state index contributed by atoms with van der Waals surface area (Å²) in [7, 11) is 3.62. The number of rotatable bonds is 9. The summed E-state index contributed by atoms with van der Waals surface area (Å²) < 4.78 is 21.3. The van der Waals surface area contributed by atoms with E-state index in [1.165, 1.54) is 6.07 Å². The van der Waals surface area contributed by atoms with Crippen LogP contribution in [0, 0.1) is 12.7 Å². The van der Waals surface area contributed by atoms with Crippen molar-refractivity contribution in [2.24, 2.45) is 0 Å². The van der Waals surface area contributed by atoms with Crippen LogP contribution in [-0.4, -0.2) is 46.9 Å². The number of ether oxygens (including phenoxy) is 1. The predicted molar refractivity (Wildman–Crippen MR) is 128 cm³/mol. The number of nitrogens with zero attached hydrogens (tertiary/aromatic N) is 3. The van der Waals surface area contributed by atoms with Gasteiger partial charge in [-0.25, -0.2) is 9.37 Å². The Morgan fingerprint density at radius 2 is 2.03 bits per heavy atom. The lowest BCUT2D eigenvalue weighted by Gasteiger charge is -2.20. The quantitative estimate of drug-likeness (QED) is 0.298. The van der Waals surface area contributed by atoms with Crippen molar-refractivity contribution in [2.45, 2.75) is 45.9 Å². The zero-order chi connectivity index (χ0) is 23.7. The van der Waals surface area contributed by atoms with E-state index < -0.39 is 5.82 Å². The molecule has 2 aromatic heterocycles. The molecule has 0 aliphatic carbocycles. The summed E-state index contributed by atoms with van der Waals surface area (Å²) in [5, 5.41) is 9.83. The minimum absolute atomic E-state index is 0.0806. The third-order valence-corrected chi connectivity index (χ3v) is 6.42. The molecule has 1 aliphatic rings. The molecule has 0 fully saturated rings. The summed E-state index contributed by atoms with van der Waals surface area (Å²) in [5.74, 6) is -0.500. The molecular weight excluding hydrogens is 423 g/mol. The Morgan fingerprint density at radius 3 is 2.76 bits per heavy atom. The first kappa shape index (κ1) is 23.4. The first-order chi connectivity index (χ1) is 15.8. The van der Waals surface area contributed by atoms with E-state index in [1.807, 2.05) is 20.0 Å². The lowest BCUT2D eigenvalue weighted by Crippen LogP contribution is -2.25. The van der Waals surface area contributed by atoms with E-state index in [9.17, 15) is 9.18 Å². The molecule has 0 atom stereocenters. The number of benzene rings is 1. The Labute approximate surface area is 192 Å². The molecule has 3 aromatic rings. The molecule has 0 saturated carbocycles. The number of nitrogens with two attached hydrogens (primary N) is 1. The molecule has 0 spiro atoms. The van der Waals surface area contributed by atoms with Crippen LogP contribution in [0.5, 0.6) is 0 Å². The number of aryl methyl sites for hydroxylation is 1. The van der Waals surface area contributed by atoms with E-state index in [-0.39, 0.29) is 24.5 Å². The fourth-order valence-electron chi connectivity index (χ4n) is 4.63. The molecule has 3 heterocycles. The molecule has 1 aliphatic heterocycles. The number of anilines is 1. The molecule has 7 nitrogen and oxygen atoms in total. The zero-order valence-electron chi connectivity index (χ0n) is 19.4. The monoisotopic (exact) mass is 454 g/mol. The number of pyridine rings is 2. The number of methoxy groups -OCH3 is 1. The number of unbranched alkanes of at least 4 members (excludes halogenated alkanes) is 2. The van der Waals surface area contributed by atoms with E-state index >= 15 is 0 Å². The van der Waals surface area contributed by atoms with Crippen LogP contribution in [0.15, 0.2) is 23.0 Å². The van der Waals surface area contributed by atoms with Gasteiger partial charge in [-0.05, 0) is 63.0 Å². The van der Waals surface area contributed by atoms with Gasteiger partial charge < -0.3 is 25.0 Å². The number of hydrogen-bond acceptors (Lipinski definition) is 6. The lowest BCUT2D eigenvalue weighted by molar-refractivity contribution is 0.183. The first-order valence-corrected chi connectivity index (χ1v) is 11.3. The highest BCUT2D eigenvalue weighted by Gasteiger charge is 2.28. The third-order valence-electron chi connectivity index (χ3n) is 6.42. The topological polar surface area (TPSA) is 93.6 Å². The maximum Gasteiger partial charge on any atom is 0.257 e. The van der Waals surface area contributed by atoms with Gasteiger partial charge in [-0.15, -0.1) is 0 Å². The van der Waals surface area contributed by atoms with E-state index in [0.717, 1.165) is 59.3 Å². The van der Waals surface area contributed by atoms with Gasteiger partial charge in [0.1, 0.15) is 5.82 Å². The molecular formula is C25H31FN4O3. The molecule has 33 heavy (non-hydrogen) atoms. The highest BCUT2D eigenvalue weighted by atomic mass is 19.1. The Morgan fingerprint density at radius 1 is 1.24 bits per heavy atom. The molecule has 176 valence electrons. The molecule has 3 N–H and O–H groups in total. The number of aromatic nitrogens is 2. The first-order valence-electron chi connectivity index (χ1n) is 11.3. The van der Waals surface area contributed by atoms with Crippen LogP contribution in [0.25, 0.3) is 22.3 Å². The van der Waals surface area contributed by atoms with Gasteiger partial charge in [-0.2, -0.15) is 0 Å². The average molecular weight is 455 g/mol. The molecule has 0 bridgehead atoms. The van der Waals surface area contributed by atoms with Crippen LogP contribution in [-0.2, 0) is 24.4 Å². The second-order valence-electron chi connectivity index (χ2n) is 8.85. The van der Waals surface area contributed by atoms with Gasteiger partial charge in [-0.3, -0.25) is 4.79 Å². The summed E-state index contributed by atoms with van der Waals surface area (Å²) in [6.45, 7) is 4.25. The van der Waals surface area contributed by atoms with Crippen molar-refractivity contribution in [2.75, 3.05) is 33.0 Å². The van der Waals surface area contributed by atoms with Crippen molar-refractivity contribution >= 4 is 16.6 Å². The van der Waals surface area contributed by atoms with Crippen LogP contribution < -0.4 is 11.3 Å². The largest absolute Gasteiger partial charge is 0.396 e. The minimum atomic E-state index is -0.500. The Hall–Kier alpha value is -2.81. The number of aliphatic hydroxyl groups is 1. The lowest BCUT2D eigenvalue weighted by atomic mass is 9.99. The number of nitrogen functional groups attached to an aromatic ring is 1. The van der Waals surface area contributed by atoms with E-state index in [4.69, 9.17) is 20.6 Å². The van der Waals surface area contributed by atoms with Gasteiger partial charge in [0.25, 0.3) is 5.56 Å². The van der Waals surface area contributed by atoms with Crippen molar-refractivity contribution in [1.29, 1.82) is 0 Å². The molecule has 0 radical (unpaired) electrons. The number of fused-ring (bicyclic) bond motifs is 4. The summed E-state index contributed by atoms with van der Waals surface area (Å²) in [4.78, 5) is 20.2. The number of hydrogen-bond donors (Lipinski definition) is 2. The Kier molecular flexibility index (Phi) is 6.78. The molecule has 0 amide bonds. The zero-order valence-corrected chi connectivity index (χ0v) is 19.4. The Balaban J connectivity index is 1.83. The van der Waals surface area contributed by atoms with Crippen LogP contribution in [0.4, 0.5) is 10.1 Å². The normalized spacial score (nSPS) is 12.5. The molecule has 8 heteroatoms. The van der Waals surface area contributed by atoms with Crippen molar-refractivity contribution in [3.8, 4) is 11.4 Å². The van der Waals surface area contributed by atoms with Crippen molar-refractivity contribution in [3.63, 3.8) is 0 Å². The molecule has 0 saturated heterocycles. The SMILES string of the molecule is COCc1c(C)cc2n(c1=O)Cc1c-2nc2cc(F)c(N)cc2c1CN(C)CCCCCO.